The smallest absolute Gasteiger partial charge is 0.196 e. The molecule has 0 fully saturated rings. The zero-order valence-electron chi connectivity index (χ0n) is 11.7. The first-order valence-electron chi connectivity index (χ1n) is 6.80. The number of benzene rings is 2. The highest BCUT2D eigenvalue weighted by molar-refractivity contribution is 9.10. The van der Waals surface area contributed by atoms with Gasteiger partial charge in [-0.1, -0.05) is 58.0 Å². The van der Waals surface area contributed by atoms with E-state index in [1.807, 2.05) is 59.2 Å². The van der Waals surface area contributed by atoms with Crippen molar-refractivity contribution in [3.05, 3.63) is 59.1 Å². The van der Waals surface area contributed by atoms with Crippen LogP contribution in [0.5, 0.6) is 0 Å². The quantitative estimate of drug-likeness (QED) is 0.689. The van der Waals surface area contributed by atoms with E-state index < -0.39 is 0 Å². The molecule has 2 aromatic carbocycles. The summed E-state index contributed by atoms with van der Waals surface area (Å²) in [6, 6.07) is 18.0. The number of aliphatic hydroxyl groups excluding tert-OH is 1. The number of thioether (sulfide) groups is 1. The first-order valence-corrected chi connectivity index (χ1v) is 8.58. The van der Waals surface area contributed by atoms with Gasteiger partial charge in [0.05, 0.1) is 6.61 Å². The van der Waals surface area contributed by atoms with Crippen LogP contribution in [0.3, 0.4) is 0 Å². The standard InChI is InChI=1S/C16H14BrN3OS/c17-13-8-6-12(7-9-13)15-18-19-16(22-11-10-21)20(15)14-4-2-1-3-5-14/h1-9,21H,10-11H2. The lowest BCUT2D eigenvalue weighted by Gasteiger charge is -2.10. The first kappa shape index (κ1) is 15.3. The van der Waals surface area contributed by atoms with Crippen LogP contribution in [-0.2, 0) is 0 Å². The van der Waals surface area contributed by atoms with E-state index in [1.165, 1.54) is 11.8 Å². The third kappa shape index (κ3) is 3.24. The second-order valence-corrected chi connectivity index (χ2v) is 6.53. The molecule has 0 atom stereocenters. The van der Waals surface area contributed by atoms with Gasteiger partial charge in [-0.15, -0.1) is 10.2 Å². The number of para-hydroxylation sites is 1. The summed E-state index contributed by atoms with van der Waals surface area (Å²) in [6.45, 7) is 0.111. The van der Waals surface area contributed by atoms with Gasteiger partial charge in [0.25, 0.3) is 0 Å². The molecule has 0 aliphatic rings. The topological polar surface area (TPSA) is 50.9 Å². The van der Waals surface area contributed by atoms with Crippen molar-refractivity contribution in [2.75, 3.05) is 12.4 Å². The molecule has 0 amide bonds. The molecule has 3 rings (SSSR count). The minimum Gasteiger partial charge on any atom is -0.396 e. The zero-order valence-corrected chi connectivity index (χ0v) is 14.1. The molecule has 3 aromatic rings. The minimum atomic E-state index is 0.111. The number of halogens is 1. The fourth-order valence-electron chi connectivity index (χ4n) is 2.10. The van der Waals surface area contributed by atoms with E-state index in [9.17, 15) is 0 Å². The normalized spacial score (nSPS) is 10.8. The van der Waals surface area contributed by atoms with Crippen molar-refractivity contribution in [1.29, 1.82) is 0 Å². The van der Waals surface area contributed by atoms with Gasteiger partial charge in [0.15, 0.2) is 11.0 Å². The summed E-state index contributed by atoms with van der Waals surface area (Å²) in [5.74, 6) is 1.38. The maximum atomic E-state index is 9.06. The summed E-state index contributed by atoms with van der Waals surface area (Å²) in [4.78, 5) is 0. The average molecular weight is 376 g/mol. The molecule has 0 aliphatic carbocycles. The van der Waals surface area contributed by atoms with Gasteiger partial charge in [-0.05, 0) is 24.3 Å². The highest BCUT2D eigenvalue weighted by Crippen LogP contribution is 2.28. The third-order valence-electron chi connectivity index (χ3n) is 3.07. The van der Waals surface area contributed by atoms with Crippen LogP contribution in [0.1, 0.15) is 0 Å². The van der Waals surface area contributed by atoms with Gasteiger partial charge in [-0.25, -0.2) is 0 Å². The molecular formula is C16H14BrN3OS. The predicted molar refractivity (Wildman–Crippen MR) is 92.3 cm³/mol. The van der Waals surface area contributed by atoms with E-state index in [1.54, 1.807) is 0 Å². The van der Waals surface area contributed by atoms with E-state index in [0.29, 0.717) is 5.75 Å². The highest BCUT2D eigenvalue weighted by Gasteiger charge is 2.15. The summed E-state index contributed by atoms with van der Waals surface area (Å²) in [7, 11) is 0. The van der Waals surface area contributed by atoms with Gasteiger partial charge in [-0.2, -0.15) is 0 Å². The van der Waals surface area contributed by atoms with Crippen molar-refractivity contribution in [3.63, 3.8) is 0 Å². The summed E-state index contributed by atoms with van der Waals surface area (Å²) in [5.41, 5.74) is 2.00. The minimum absolute atomic E-state index is 0.111. The maximum absolute atomic E-state index is 9.06. The van der Waals surface area contributed by atoms with Crippen LogP contribution < -0.4 is 0 Å². The number of aromatic nitrogens is 3. The molecule has 0 saturated carbocycles. The third-order valence-corrected chi connectivity index (χ3v) is 4.51. The highest BCUT2D eigenvalue weighted by atomic mass is 79.9. The van der Waals surface area contributed by atoms with Crippen molar-refractivity contribution in [1.82, 2.24) is 14.8 Å². The molecule has 4 nitrogen and oxygen atoms in total. The van der Waals surface area contributed by atoms with Crippen LogP contribution in [0.25, 0.3) is 17.1 Å². The van der Waals surface area contributed by atoms with Crippen LogP contribution in [0.4, 0.5) is 0 Å². The first-order chi connectivity index (χ1) is 10.8. The van der Waals surface area contributed by atoms with Crippen molar-refractivity contribution in [3.8, 4) is 17.1 Å². The zero-order chi connectivity index (χ0) is 15.4. The average Bonchev–Trinajstić information content (AvgIpc) is 2.98. The van der Waals surface area contributed by atoms with E-state index in [-0.39, 0.29) is 6.61 Å². The lowest BCUT2D eigenvalue weighted by molar-refractivity contribution is 0.322. The monoisotopic (exact) mass is 375 g/mol. The summed E-state index contributed by atoms with van der Waals surface area (Å²) in [5, 5.41) is 18.5. The molecule has 1 heterocycles. The Morgan fingerprint density at radius 3 is 2.41 bits per heavy atom. The van der Waals surface area contributed by atoms with Crippen molar-refractivity contribution in [2.45, 2.75) is 5.16 Å². The molecule has 6 heteroatoms. The van der Waals surface area contributed by atoms with Gasteiger partial charge in [0.2, 0.25) is 0 Å². The van der Waals surface area contributed by atoms with Crippen molar-refractivity contribution in [2.24, 2.45) is 0 Å². The Kier molecular flexibility index (Phi) is 4.92. The molecule has 22 heavy (non-hydrogen) atoms. The molecule has 0 saturated heterocycles. The van der Waals surface area contributed by atoms with Gasteiger partial charge >= 0.3 is 0 Å². The predicted octanol–water partition coefficient (Wildman–Crippen LogP) is 3.78. The Hall–Kier alpha value is -1.63. The van der Waals surface area contributed by atoms with Gasteiger partial charge in [0.1, 0.15) is 0 Å². The number of hydrogen-bond donors (Lipinski definition) is 1. The van der Waals surface area contributed by atoms with Gasteiger partial charge in [-0.3, -0.25) is 4.57 Å². The van der Waals surface area contributed by atoms with Gasteiger partial charge in [0, 0.05) is 21.5 Å². The van der Waals surface area contributed by atoms with Crippen LogP contribution in [0.15, 0.2) is 64.2 Å². The molecule has 0 spiro atoms. The van der Waals surface area contributed by atoms with Crippen molar-refractivity contribution < 1.29 is 5.11 Å². The van der Waals surface area contributed by atoms with Crippen LogP contribution in [0, 0.1) is 0 Å². The van der Waals surface area contributed by atoms with E-state index in [2.05, 4.69) is 26.1 Å². The Morgan fingerprint density at radius 1 is 1.00 bits per heavy atom. The molecule has 1 N–H and O–H groups in total. The summed E-state index contributed by atoms with van der Waals surface area (Å²) < 4.78 is 3.04. The molecule has 0 unspecified atom stereocenters. The fraction of sp³-hybridized carbons (Fsp3) is 0.125. The fourth-order valence-corrected chi connectivity index (χ4v) is 3.05. The van der Waals surface area contributed by atoms with E-state index in [4.69, 9.17) is 5.11 Å². The molecular weight excluding hydrogens is 362 g/mol. The Labute approximate surface area is 141 Å². The molecule has 0 radical (unpaired) electrons. The molecule has 112 valence electrons. The van der Waals surface area contributed by atoms with E-state index in [0.717, 1.165) is 26.7 Å². The SMILES string of the molecule is OCCSc1nnc(-c2ccc(Br)cc2)n1-c1ccccc1. The number of rotatable bonds is 5. The lowest BCUT2D eigenvalue weighted by atomic mass is 10.2. The number of hydrogen-bond acceptors (Lipinski definition) is 4. The Bertz CT molecular complexity index is 744. The van der Waals surface area contributed by atoms with Crippen LogP contribution in [0.2, 0.25) is 0 Å². The Morgan fingerprint density at radius 2 is 1.73 bits per heavy atom. The largest absolute Gasteiger partial charge is 0.396 e. The lowest BCUT2D eigenvalue weighted by Crippen LogP contribution is -2.00. The Balaban J connectivity index is 2.10. The second kappa shape index (κ2) is 7.09. The number of nitrogens with zero attached hydrogens (tertiary/aromatic N) is 3. The summed E-state index contributed by atoms with van der Waals surface area (Å²) >= 11 is 4.94. The number of aliphatic hydroxyl groups is 1. The maximum Gasteiger partial charge on any atom is 0.196 e. The van der Waals surface area contributed by atoms with Crippen LogP contribution >= 0.6 is 27.7 Å². The molecule has 1 aromatic heterocycles. The summed E-state index contributed by atoms with van der Waals surface area (Å²) in [6.07, 6.45) is 0. The van der Waals surface area contributed by atoms with Crippen LogP contribution in [-0.4, -0.2) is 32.2 Å². The van der Waals surface area contributed by atoms with E-state index >= 15 is 0 Å². The molecule has 0 aliphatic heterocycles. The van der Waals surface area contributed by atoms with Crippen molar-refractivity contribution >= 4 is 27.7 Å². The second-order valence-electron chi connectivity index (χ2n) is 4.56. The van der Waals surface area contributed by atoms with Gasteiger partial charge < -0.3 is 5.11 Å². The molecule has 0 bridgehead atoms.